The van der Waals surface area contributed by atoms with Gasteiger partial charge in [0.25, 0.3) is 0 Å². The molecule has 3 atom stereocenters. The third kappa shape index (κ3) is 11.8. The molecule has 1 rings (SSSR count). The molecule has 107 valence electrons. The monoisotopic (exact) mass is 364 g/mol. The SMILES string of the molecule is CC(N)C1CCCCC1C[CH2][Sn+2].CC[O-].CC[O-]. The van der Waals surface area contributed by atoms with Crippen LogP contribution < -0.4 is 15.9 Å². The largest absolute Gasteiger partial charge is 0.855 e. The fourth-order valence-electron chi connectivity index (χ4n) is 2.47. The van der Waals surface area contributed by atoms with Crippen LogP contribution in [0.2, 0.25) is 4.44 Å². The molecule has 1 saturated carbocycles. The first-order valence-corrected chi connectivity index (χ1v) is 9.17. The molecule has 0 bridgehead atoms. The van der Waals surface area contributed by atoms with Gasteiger partial charge in [0.15, 0.2) is 0 Å². The predicted octanol–water partition coefficient (Wildman–Crippen LogP) is 0.850. The van der Waals surface area contributed by atoms with Gasteiger partial charge < -0.3 is 10.2 Å². The van der Waals surface area contributed by atoms with E-state index < -0.39 is 0 Å². The number of hydrogen-bond donors (Lipinski definition) is 1. The molecule has 4 heteroatoms. The summed E-state index contributed by atoms with van der Waals surface area (Å²) in [5, 5.41) is 17.9. The Morgan fingerprint density at radius 1 is 1.17 bits per heavy atom. The molecule has 1 aliphatic carbocycles. The molecule has 0 aromatic rings. The molecule has 0 aromatic carbocycles. The zero-order valence-electron chi connectivity index (χ0n) is 12.3. The van der Waals surface area contributed by atoms with E-state index in [0.29, 0.717) is 6.04 Å². The maximum Gasteiger partial charge on any atom is -0.0809 e. The molecule has 0 aliphatic heterocycles. The molecule has 1 radical (unpaired) electrons. The van der Waals surface area contributed by atoms with Crippen molar-refractivity contribution >= 4 is 22.5 Å². The first-order chi connectivity index (χ1) is 8.58. The second-order valence-electron chi connectivity index (χ2n) is 4.68. The van der Waals surface area contributed by atoms with Crippen LogP contribution in [0.4, 0.5) is 0 Å². The molecule has 3 unspecified atom stereocenters. The van der Waals surface area contributed by atoms with Gasteiger partial charge in [0.05, 0.1) is 0 Å². The van der Waals surface area contributed by atoms with Crippen LogP contribution in [0.15, 0.2) is 0 Å². The summed E-state index contributed by atoms with van der Waals surface area (Å²) in [6.45, 7) is 5.33. The molecule has 0 amide bonds. The Labute approximate surface area is 127 Å². The third-order valence-corrected chi connectivity index (χ3v) is 3.98. The fourth-order valence-corrected chi connectivity index (χ4v) is 3.53. The van der Waals surface area contributed by atoms with E-state index in [1.165, 1.54) is 36.5 Å². The number of rotatable bonds is 3. The molecule has 1 fully saturated rings. The molecule has 0 saturated heterocycles. The zero-order valence-corrected chi connectivity index (χ0v) is 15.1. The molecule has 0 aromatic heterocycles. The van der Waals surface area contributed by atoms with Crippen LogP contribution in [-0.4, -0.2) is 41.8 Å². The average Bonchev–Trinajstić information content (AvgIpc) is 2.32. The van der Waals surface area contributed by atoms with Crippen molar-refractivity contribution in [2.75, 3.05) is 13.2 Å². The summed E-state index contributed by atoms with van der Waals surface area (Å²) in [7, 11) is 0. The summed E-state index contributed by atoms with van der Waals surface area (Å²) < 4.78 is 1.42. The van der Waals surface area contributed by atoms with Crippen molar-refractivity contribution in [2.45, 2.75) is 63.4 Å². The summed E-state index contributed by atoms with van der Waals surface area (Å²) in [5.74, 6) is 1.79. The molecule has 2 N–H and O–H groups in total. The molecule has 0 heterocycles. The van der Waals surface area contributed by atoms with Crippen molar-refractivity contribution < 1.29 is 10.2 Å². The van der Waals surface area contributed by atoms with Crippen LogP contribution in [0.5, 0.6) is 0 Å². The van der Waals surface area contributed by atoms with Crippen LogP contribution >= 0.6 is 0 Å². The number of nitrogens with two attached hydrogens (primary N) is 1. The van der Waals surface area contributed by atoms with E-state index in [9.17, 15) is 0 Å². The first-order valence-electron chi connectivity index (χ1n) is 7.15. The van der Waals surface area contributed by atoms with Crippen LogP contribution in [0.25, 0.3) is 0 Å². The van der Waals surface area contributed by atoms with Crippen molar-refractivity contribution in [3.63, 3.8) is 0 Å². The smallest absolute Gasteiger partial charge is 0.0809 e. The van der Waals surface area contributed by atoms with Gasteiger partial charge in [-0.1, -0.05) is 13.8 Å². The van der Waals surface area contributed by atoms with E-state index in [0.717, 1.165) is 11.8 Å². The molecule has 1 aliphatic rings. The summed E-state index contributed by atoms with van der Waals surface area (Å²) in [4.78, 5) is 0. The Hall–Kier alpha value is 0.679. The Kier molecular flexibility index (Phi) is 18.3. The third-order valence-electron chi connectivity index (χ3n) is 3.16. The molecular formula is C14H30NO2Sn. The summed E-state index contributed by atoms with van der Waals surface area (Å²) in [5.41, 5.74) is 6.00. The second-order valence-corrected chi connectivity index (χ2v) is 6.11. The predicted molar refractivity (Wildman–Crippen MR) is 75.4 cm³/mol. The van der Waals surface area contributed by atoms with Gasteiger partial charge in [-0.3, -0.25) is 0 Å². The minimum absolute atomic E-state index is 0. The van der Waals surface area contributed by atoms with Gasteiger partial charge in [-0.05, 0) is 0 Å². The van der Waals surface area contributed by atoms with Gasteiger partial charge in [-0.15, -0.1) is 13.2 Å². The van der Waals surface area contributed by atoms with Crippen molar-refractivity contribution in [1.82, 2.24) is 0 Å². The van der Waals surface area contributed by atoms with E-state index >= 15 is 0 Å². The van der Waals surface area contributed by atoms with Crippen molar-refractivity contribution in [3.05, 3.63) is 0 Å². The van der Waals surface area contributed by atoms with E-state index in [1.807, 2.05) is 0 Å². The fraction of sp³-hybridized carbons (Fsp3) is 1.00. The van der Waals surface area contributed by atoms with Gasteiger partial charge in [-0.25, -0.2) is 0 Å². The van der Waals surface area contributed by atoms with Crippen molar-refractivity contribution in [3.8, 4) is 0 Å². The van der Waals surface area contributed by atoms with Crippen LogP contribution in [0.1, 0.15) is 52.9 Å². The zero-order chi connectivity index (χ0) is 14.4. The topological polar surface area (TPSA) is 72.1 Å². The molecular weight excluding hydrogens is 333 g/mol. The Balaban J connectivity index is 0. The van der Waals surface area contributed by atoms with Gasteiger partial charge in [0.2, 0.25) is 0 Å². The van der Waals surface area contributed by atoms with Gasteiger partial charge in [0.1, 0.15) is 0 Å². The second kappa shape index (κ2) is 15.7. The molecule has 3 nitrogen and oxygen atoms in total. The van der Waals surface area contributed by atoms with Crippen molar-refractivity contribution in [2.24, 2.45) is 17.6 Å². The standard InChI is InChI=1S/C10H20N.2C2H5O.Sn/c1-3-9-6-4-5-7-10(9)8(2)11;2*1-2-3;/h8-10H,1,3-7,11H2,2H3;2*2H2,1H3;/q;2*-1;+2. The number of hydrogen-bond acceptors (Lipinski definition) is 3. The Bertz CT molecular complexity index is 153. The summed E-state index contributed by atoms with van der Waals surface area (Å²) in [6.07, 6.45) is 7.13. The Morgan fingerprint density at radius 3 is 2.00 bits per heavy atom. The normalized spacial score (nSPS) is 24.1. The van der Waals surface area contributed by atoms with E-state index in [-0.39, 0.29) is 13.2 Å². The summed E-state index contributed by atoms with van der Waals surface area (Å²) in [6, 6.07) is 0.428. The van der Waals surface area contributed by atoms with E-state index in [4.69, 9.17) is 15.9 Å². The minimum atomic E-state index is 0. The molecule has 18 heavy (non-hydrogen) atoms. The van der Waals surface area contributed by atoms with Crippen LogP contribution in [0, 0.1) is 11.8 Å². The van der Waals surface area contributed by atoms with Gasteiger partial charge >= 0.3 is 89.6 Å². The maximum absolute atomic E-state index is 8.93. The Morgan fingerprint density at radius 2 is 1.61 bits per heavy atom. The molecule has 0 spiro atoms. The maximum atomic E-state index is 8.93. The van der Waals surface area contributed by atoms with Gasteiger partial charge in [-0.2, -0.15) is 0 Å². The van der Waals surface area contributed by atoms with Gasteiger partial charge in [0, 0.05) is 0 Å². The van der Waals surface area contributed by atoms with E-state index in [1.54, 1.807) is 36.4 Å². The quantitative estimate of drug-likeness (QED) is 0.756. The van der Waals surface area contributed by atoms with Crippen LogP contribution in [-0.2, 0) is 0 Å². The van der Waals surface area contributed by atoms with Crippen LogP contribution in [0.3, 0.4) is 0 Å². The summed E-state index contributed by atoms with van der Waals surface area (Å²) >= 11 is 1.69. The minimum Gasteiger partial charge on any atom is -0.855 e. The van der Waals surface area contributed by atoms with Crippen molar-refractivity contribution in [1.29, 1.82) is 0 Å². The first kappa shape index (κ1) is 21.0. The average molecular weight is 363 g/mol. The van der Waals surface area contributed by atoms with E-state index in [2.05, 4.69) is 6.92 Å².